The molecule has 0 saturated carbocycles. The molecule has 26 heavy (non-hydrogen) atoms. The van der Waals surface area contributed by atoms with E-state index in [2.05, 4.69) is 15.5 Å². The highest BCUT2D eigenvalue weighted by atomic mass is 16.5. The lowest BCUT2D eigenvalue weighted by Gasteiger charge is -2.04. The summed E-state index contributed by atoms with van der Waals surface area (Å²) in [5.74, 6) is -0.0450. The number of fused-ring (bicyclic) bond motifs is 1. The third-order valence-corrected chi connectivity index (χ3v) is 3.80. The lowest BCUT2D eigenvalue weighted by Crippen LogP contribution is -2.10. The zero-order valence-corrected chi connectivity index (χ0v) is 13.8. The molecule has 2 heterocycles. The zero-order chi connectivity index (χ0) is 17.8. The molecule has 4 aromatic rings. The standard InChI is InChI=1S/C20H15N3O3/c24-20(22-16-8-9-17-15(11-16)7-4-10-21-17)18-12-19(23-26-18)25-13-14-5-2-1-3-6-14/h1-12H,13H2,(H,22,24). The summed E-state index contributed by atoms with van der Waals surface area (Å²) >= 11 is 0. The minimum Gasteiger partial charge on any atom is -0.471 e. The number of carbonyl (C=O) groups is 1. The number of aromatic nitrogens is 2. The number of ether oxygens (including phenoxy) is 1. The van der Waals surface area contributed by atoms with Gasteiger partial charge in [-0.1, -0.05) is 36.4 Å². The first kappa shape index (κ1) is 15.8. The zero-order valence-electron chi connectivity index (χ0n) is 13.8. The Bertz CT molecular complexity index is 1040. The molecule has 1 amide bonds. The highest BCUT2D eigenvalue weighted by Gasteiger charge is 2.14. The van der Waals surface area contributed by atoms with Crippen molar-refractivity contribution >= 4 is 22.5 Å². The molecule has 1 N–H and O–H groups in total. The fraction of sp³-hybridized carbons (Fsp3) is 0.0500. The second kappa shape index (κ2) is 7.06. The Kier molecular flexibility index (Phi) is 4.30. The molecule has 0 spiro atoms. The van der Waals surface area contributed by atoms with E-state index in [4.69, 9.17) is 9.26 Å². The summed E-state index contributed by atoms with van der Waals surface area (Å²) in [6.45, 7) is 0.353. The summed E-state index contributed by atoms with van der Waals surface area (Å²) in [5, 5.41) is 7.50. The van der Waals surface area contributed by atoms with Crippen LogP contribution in [0.5, 0.6) is 5.88 Å². The Balaban J connectivity index is 1.42. The van der Waals surface area contributed by atoms with Crippen LogP contribution in [0.2, 0.25) is 0 Å². The van der Waals surface area contributed by atoms with Gasteiger partial charge in [-0.15, -0.1) is 0 Å². The highest BCUT2D eigenvalue weighted by molar-refractivity contribution is 6.03. The van der Waals surface area contributed by atoms with Crippen molar-refractivity contribution in [3.05, 3.63) is 84.3 Å². The van der Waals surface area contributed by atoms with Crippen molar-refractivity contribution in [1.82, 2.24) is 10.1 Å². The average molecular weight is 345 g/mol. The van der Waals surface area contributed by atoms with E-state index in [1.165, 1.54) is 6.07 Å². The number of carbonyl (C=O) groups excluding carboxylic acids is 1. The molecule has 6 heteroatoms. The van der Waals surface area contributed by atoms with Crippen molar-refractivity contribution < 1.29 is 14.1 Å². The van der Waals surface area contributed by atoms with Gasteiger partial charge in [0.2, 0.25) is 5.76 Å². The van der Waals surface area contributed by atoms with Crippen LogP contribution in [-0.4, -0.2) is 16.0 Å². The molecule has 2 aromatic carbocycles. The molecule has 0 saturated heterocycles. The van der Waals surface area contributed by atoms with Gasteiger partial charge in [-0.25, -0.2) is 0 Å². The average Bonchev–Trinajstić information content (AvgIpc) is 3.16. The first-order valence-electron chi connectivity index (χ1n) is 8.07. The predicted molar refractivity (Wildman–Crippen MR) is 97.0 cm³/mol. The van der Waals surface area contributed by atoms with Crippen molar-refractivity contribution in [3.63, 3.8) is 0 Å². The quantitative estimate of drug-likeness (QED) is 0.590. The van der Waals surface area contributed by atoms with Crippen LogP contribution in [0.25, 0.3) is 10.9 Å². The van der Waals surface area contributed by atoms with Gasteiger partial charge in [0.1, 0.15) is 6.61 Å². The number of benzene rings is 2. The van der Waals surface area contributed by atoms with Crippen molar-refractivity contribution in [2.24, 2.45) is 0 Å². The maximum Gasteiger partial charge on any atom is 0.294 e. The molecule has 0 aliphatic rings. The predicted octanol–water partition coefficient (Wildman–Crippen LogP) is 4.05. The van der Waals surface area contributed by atoms with Gasteiger partial charge in [-0.3, -0.25) is 9.78 Å². The van der Waals surface area contributed by atoms with E-state index >= 15 is 0 Å². The van der Waals surface area contributed by atoms with Crippen molar-refractivity contribution in [2.75, 3.05) is 5.32 Å². The molecule has 4 rings (SSSR count). The molecule has 0 unspecified atom stereocenters. The first-order chi connectivity index (χ1) is 12.8. The number of nitrogens with one attached hydrogen (secondary N) is 1. The van der Waals surface area contributed by atoms with Crippen molar-refractivity contribution in [2.45, 2.75) is 6.61 Å². The molecular weight excluding hydrogens is 330 g/mol. The number of rotatable bonds is 5. The fourth-order valence-corrected chi connectivity index (χ4v) is 2.51. The lowest BCUT2D eigenvalue weighted by molar-refractivity contribution is 0.0987. The molecule has 128 valence electrons. The number of hydrogen-bond donors (Lipinski definition) is 1. The summed E-state index contributed by atoms with van der Waals surface area (Å²) in [4.78, 5) is 16.6. The highest BCUT2D eigenvalue weighted by Crippen LogP contribution is 2.19. The van der Waals surface area contributed by atoms with Gasteiger partial charge in [-0.2, -0.15) is 0 Å². The van der Waals surface area contributed by atoms with Crippen LogP contribution in [0, 0.1) is 0 Å². The van der Waals surface area contributed by atoms with E-state index in [0.29, 0.717) is 12.3 Å². The van der Waals surface area contributed by atoms with Crippen LogP contribution in [0.1, 0.15) is 16.1 Å². The molecule has 0 aliphatic carbocycles. The van der Waals surface area contributed by atoms with Crippen LogP contribution >= 0.6 is 0 Å². The normalized spacial score (nSPS) is 10.6. The van der Waals surface area contributed by atoms with E-state index in [1.807, 2.05) is 54.6 Å². The molecule has 0 atom stereocenters. The van der Waals surface area contributed by atoms with E-state index < -0.39 is 5.91 Å². The van der Waals surface area contributed by atoms with Gasteiger partial charge in [0.15, 0.2) is 0 Å². The molecular formula is C20H15N3O3. The van der Waals surface area contributed by atoms with Gasteiger partial charge in [0, 0.05) is 17.3 Å². The molecule has 0 radical (unpaired) electrons. The number of nitrogens with zero attached hydrogens (tertiary/aromatic N) is 2. The van der Waals surface area contributed by atoms with E-state index in [9.17, 15) is 4.79 Å². The maximum absolute atomic E-state index is 12.3. The fourth-order valence-electron chi connectivity index (χ4n) is 2.51. The number of hydrogen-bond acceptors (Lipinski definition) is 5. The van der Waals surface area contributed by atoms with E-state index in [0.717, 1.165) is 16.5 Å². The Morgan fingerprint density at radius 3 is 2.81 bits per heavy atom. The minimum atomic E-state index is -0.393. The van der Waals surface area contributed by atoms with Gasteiger partial charge < -0.3 is 14.6 Å². The van der Waals surface area contributed by atoms with Crippen LogP contribution in [0.3, 0.4) is 0 Å². The summed E-state index contributed by atoms with van der Waals surface area (Å²) in [7, 11) is 0. The second-order valence-electron chi connectivity index (χ2n) is 5.67. The van der Waals surface area contributed by atoms with Gasteiger partial charge in [-0.05, 0) is 35.0 Å². The molecule has 0 aliphatic heterocycles. The molecule has 2 aromatic heterocycles. The largest absolute Gasteiger partial charge is 0.471 e. The Hall–Kier alpha value is -3.67. The number of anilines is 1. The Morgan fingerprint density at radius 1 is 1.04 bits per heavy atom. The monoisotopic (exact) mass is 345 g/mol. The molecule has 0 fully saturated rings. The van der Waals surface area contributed by atoms with Crippen LogP contribution in [-0.2, 0) is 6.61 Å². The van der Waals surface area contributed by atoms with Gasteiger partial charge in [0.05, 0.1) is 11.6 Å². The second-order valence-corrected chi connectivity index (χ2v) is 5.67. The Morgan fingerprint density at radius 2 is 1.92 bits per heavy atom. The van der Waals surface area contributed by atoms with E-state index in [-0.39, 0.29) is 11.6 Å². The topological polar surface area (TPSA) is 77.2 Å². The van der Waals surface area contributed by atoms with Crippen LogP contribution in [0.4, 0.5) is 5.69 Å². The maximum atomic E-state index is 12.3. The third-order valence-electron chi connectivity index (χ3n) is 3.80. The molecule has 0 bridgehead atoms. The van der Waals surface area contributed by atoms with Crippen LogP contribution in [0.15, 0.2) is 77.4 Å². The number of amides is 1. The third kappa shape index (κ3) is 3.54. The minimum absolute atomic E-state index is 0.0827. The smallest absolute Gasteiger partial charge is 0.294 e. The lowest BCUT2D eigenvalue weighted by atomic mass is 10.2. The first-order valence-corrected chi connectivity index (χ1v) is 8.07. The van der Waals surface area contributed by atoms with Gasteiger partial charge in [0.25, 0.3) is 11.8 Å². The molecule has 6 nitrogen and oxygen atoms in total. The van der Waals surface area contributed by atoms with E-state index in [1.54, 1.807) is 12.3 Å². The Labute approximate surface area is 149 Å². The van der Waals surface area contributed by atoms with Crippen molar-refractivity contribution in [1.29, 1.82) is 0 Å². The van der Waals surface area contributed by atoms with Crippen molar-refractivity contribution in [3.8, 4) is 5.88 Å². The van der Waals surface area contributed by atoms with Crippen LogP contribution < -0.4 is 10.1 Å². The number of pyridine rings is 1. The summed E-state index contributed by atoms with van der Waals surface area (Å²) in [5.41, 5.74) is 2.52. The van der Waals surface area contributed by atoms with Gasteiger partial charge >= 0.3 is 0 Å². The summed E-state index contributed by atoms with van der Waals surface area (Å²) in [6, 6.07) is 20.4. The SMILES string of the molecule is O=C(Nc1ccc2ncccc2c1)c1cc(OCc2ccccc2)no1. The summed E-state index contributed by atoms with van der Waals surface area (Å²) < 4.78 is 10.6. The summed E-state index contributed by atoms with van der Waals surface area (Å²) in [6.07, 6.45) is 1.73.